The second-order valence-corrected chi connectivity index (χ2v) is 5.16. The zero-order valence-electron chi connectivity index (χ0n) is 10.3. The Bertz CT molecular complexity index is 578. The van der Waals surface area contributed by atoms with Crippen molar-refractivity contribution in [3.8, 4) is 0 Å². The van der Waals surface area contributed by atoms with Gasteiger partial charge in [0, 0.05) is 35.6 Å². The van der Waals surface area contributed by atoms with Crippen molar-refractivity contribution in [3.63, 3.8) is 0 Å². The SMILES string of the molecule is CC(C(=O)c1cn(C)c2ccccc12)C1CC1. The van der Waals surface area contributed by atoms with Crippen LogP contribution in [0.4, 0.5) is 0 Å². The number of aromatic nitrogens is 1. The Morgan fingerprint density at radius 2 is 2.06 bits per heavy atom. The Kier molecular flexibility index (Phi) is 2.32. The van der Waals surface area contributed by atoms with Crippen molar-refractivity contribution < 1.29 is 4.79 Å². The molecule has 1 aromatic heterocycles. The fraction of sp³-hybridized carbons (Fsp3) is 0.400. The number of Topliss-reactive ketones (excluding diaryl/α,β-unsaturated/α-hetero) is 1. The average molecular weight is 227 g/mol. The molecule has 1 atom stereocenters. The number of aryl methyl sites for hydroxylation is 1. The second kappa shape index (κ2) is 3.73. The Morgan fingerprint density at radius 1 is 1.35 bits per heavy atom. The van der Waals surface area contributed by atoms with Crippen molar-refractivity contribution >= 4 is 16.7 Å². The molecule has 1 saturated carbocycles. The molecule has 0 bridgehead atoms. The fourth-order valence-electron chi connectivity index (χ4n) is 2.59. The topological polar surface area (TPSA) is 22.0 Å². The highest BCUT2D eigenvalue weighted by molar-refractivity contribution is 6.09. The number of hydrogen-bond acceptors (Lipinski definition) is 1. The first-order valence-corrected chi connectivity index (χ1v) is 6.27. The van der Waals surface area contributed by atoms with E-state index in [4.69, 9.17) is 0 Å². The van der Waals surface area contributed by atoms with Crippen LogP contribution in [-0.2, 0) is 7.05 Å². The summed E-state index contributed by atoms with van der Waals surface area (Å²) < 4.78 is 2.04. The van der Waals surface area contributed by atoms with Gasteiger partial charge in [-0.15, -0.1) is 0 Å². The van der Waals surface area contributed by atoms with E-state index in [0.29, 0.717) is 11.7 Å². The van der Waals surface area contributed by atoms with Crippen LogP contribution in [0, 0.1) is 11.8 Å². The first-order valence-electron chi connectivity index (χ1n) is 6.27. The molecule has 0 spiro atoms. The van der Waals surface area contributed by atoms with Gasteiger partial charge in [-0.25, -0.2) is 0 Å². The zero-order valence-corrected chi connectivity index (χ0v) is 10.3. The van der Waals surface area contributed by atoms with Crippen LogP contribution in [0.25, 0.3) is 10.9 Å². The van der Waals surface area contributed by atoms with Gasteiger partial charge in [-0.2, -0.15) is 0 Å². The third kappa shape index (κ3) is 1.68. The third-order valence-electron chi connectivity index (χ3n) is 3.91. The Labute approximate surface area is 101 Å². The number of ketones is 1. The molecule has 17 heavy (non-hydrogen) atoms. The molecule has 3 rings (SSSR count). The molecule has 2 heteroatoms. The molecule has 2 nitrogen and oxygen atoms in total. The minimum absolute atomic E-state index is 0.181. The summed E-state index contributed by atoms with van der Waals surface area (Å²) in [6.45, 7) is 2.07. The largest absolute Gasteiger partial charge is 0.350 e. The van der Waals surface area contributed by atoms with Gasteiger partial charge in [-0.3, -0.25) is 4.79 Å². The molecular weight excluding hydrogens is 210 g/mol. The fourth-order valence-corrected chi connectivity index (χ4v) is 2.59. The lowest BCUT2D eigenvalue weighted by Gasteiger charge is -2.07. The monoisotopic (exact) mass is 227 g/mol. The minimum atomic E-state index is 0.181. The van der Waals surface area contributed by atoms with Crippen molar-refractivity contribution in [2.45, 2.75) is 19.8 Å². The van der Waals surface area contributed by atoms with Crippen molar-refractivity contribution in [3.05, 3.63) is 36.0 Å². The molecule has 0 amide bonds. The van der Waals surface area contributed by atoms with Crippen LogP contribution in [0.15, 0.2) is 30.5 Å². The number of carbonyl (C=O) groups is 1. The number of hydrogen-bond donors (Lipinski definition) is 0. The smallest absolute Gasteiger partial charge is 0.168 e. The van der Waals surface area contributed by atoms with E-state index in [0.717, 1.165) is 16.5 Å². The van der Waals surface area contributed by atoms with Crippen LogP contribution in [-0.4, -0.2) is 10.4 Å². The number of nitrogens with zero attached hydrogens (tertiary/aromatic N) is 1. The first kappa shape index (κ1) is 10.6. The highest BCUT2D eigenvalue weighted by atomic mass is 16.1. The van der Waals surface area contributed by atoms with E-state index in [1.807, 2.05) is 36.0 Å². The molecule has 2 aromatic rings. The molecule has 0 aliphatic heterocycles. The number of fused-ring (bicyclic) bond motifs is 1. The third-order valence-corrected chi connectivity index (χ3v) is 3.91. The van der Waals surface area contributed by atoms with Crippen LogP contribution >= 0.6 is 0 Å². The van der Waals surface area contributed by atoms with Crippen LogP contribution in [0.3, 0.4) is 0 Å². The van der Waals surface area contributed by atoms with Crippen LogP contribution in [0.5, 0.6) is 0 Å². The molecule has 0 saturated heterocycles. The minimum Gasteiger partial charge on any atom is -0.350 e. The molecule has 0 N–H and O–H groups in total. The number of rotatable bonds is 3. The molecule has 1 fully saturated rings. The van der Waals surface area contributed by atoms with Gasteiger partial charge >= 0.3 is 0 Å². The lowest BCUT2D eigenvalue weighted by molar-refractivity contribution is 0.0918. The van der Waals surface area contributed by atoms with Crippen LogP contribution < -0.4 is 0 Å². The van der Waals surface area contributed by atoms with Gasteiger partial charge < -0.3 is 4.57 Å². The van der Waals surface area contributed by atoms with Crippen LogP contribution in [0.2, 0.25) is 0 Å². The maximum absolute atomic E-state index is 12.4. The predicted octanol–water partition coefficient (Wildman–Crippen LogP) is 3.41. The standard InChI is InChI=1S/C15H17NO/c1-10(11-7-8-11)15(17)13-9-16(2)14-6-4-3-5-12(13)14/h3-6,9-11H,7-8H2,1-2H3. The lowest BCUT2D eigenvalue weighted by atomic mass is 9.95. The number of para-hydroxylation sites is 1. The summed E-state index contributed by atoms with van der Waals surface area (Å²) in [6.07, 6.45) is 4.42. The zero-order chi connectivity index (χ0) is 12.0. The highest BCUT2D eigenvalue weighted by Crippen LogP contribution is 2.39. The lowest BCUT2D eigenvalue weighted by Crippen LogP contribution is -2.12. The second-order valence-electron chi connectivity index (χ2n) is 5.16. The van der Waals surface area contributed by atoms with E-state index < -0.39 is 0 Å². The van der Waals surface area contributed by atoms with E-state index in [9.17, 15) is 4.79 Å². The maximum Gasteiger partial charge on any atom is 0.168 e. The first-order chi connectivity index (χ1) is 8.18. The van der Waals surface area contributed by atoms with Gasteiger partial charge in [0.2, 0.25) is 0 Å². The highest BCUT2D eigenvalue weighted by Gasteiger charge is 2.33. The molecule has 1 unspecified atom stereocenters. The van der Waals surface area contributed by atoms with Crippen molar-refractivity contribution in [1.82, 2.24) is 4.57 Å². The summed E-state index contributed by atoms with van der Waals surface area (Å²) in [5.74, 6) is 1.12. The summed E-state index contributed by atoms with van der Waals surface area (Å²) in [5.41, 5.74) is 2.03. The normalized spacial score (nSPS) is 17.3. The summed E-state index contributed by atoms with van der Waals surface area (Å²) in [4.78, 5) is 12.4. The summed E-state index contributed by atoms with van der Waals surface area (Å²) >= 11 is 0. The Morgan fingerprint density at radius 3 is 2.76 bits per heavy atom. The summed E-state index contributed by atoms with van der Waals surface area (Å²) in [7, 11) is 2.00. The predicted molar refractivity (Wildman–Crippen MR) is 69.1 cm³/mol. The van der Waals surface area contributed by atoms with Crippen molar-refractivity contribution in [2.75, 3.05) is 0 Å². The van der Waals surface area contributed by atoms with E-state index >= 15 is 0 Å². The molecule has 1 aliphatic rings. The maximum atomic E-state index is 12.4. The quantitative estimate of drug-likeness (QED) is 0.736. The van der Waals surface area contributed by atoms with Crippen LogP contribution in [0.1, 0.15) is 30.1 Å². The van der Waals surface area contributed by atoms with E-state index in [2.05, 4.69) is 13.0 Å². The van der Waals surface area contributed by atoms with Gasteiger partial charge in [0.15, 0.2) is 5.78 Å². The van der Waals surface area contributed by atoms with Crippen molar-refractivity contribution in [1.29, 1.82) is 0 Å². The molecule has 1 aromatic carbocycles. The van der Waals surface area contributed by atoms with E-state index in [1.165, 1.54) is 12.8 Å². The average Bonchev–Trinajstić information content (AvgIpc) is 3.14. The number of benzene rings is 1. The van der Waals surface area contributed by atoms with Gasteiger partial charge in [0.1, 0.15) is 0 Å². The number of carbonyl (C=O) groups excluding carboxylic acids is 1. The van der Waals surface area contributed by atoms with Gasteiger partial charge in [-0.1, -0.05) is 25.1 Å². The Balaban J connectivity index is 2.07. The summed E-state index contributed by atoms with van der Waals surface area (Å²) in [6, 6.07) is 8.12. The molecule has 1 aliphatic carbocycles. The van der Waals surface area contributed by atoms with Crippen molar-refractivity contribution in [2.24, 2.45) is 18.9 Å². The molecule has 88 valence electrons. The summed E-state index contributed by atoms with van der Waals surface area (Å²) in [5, 5.41) is 1.09. The molecule has 1 heterocycles. The molecule has 0 radical (unpaired) electrons. The Hall–Kier alpha value is -1.57. The van der Waals surface area contributed by atoms with Gasteiger partial charge in [-0.05, 0) is 24.8 Å². The van der Waals surface area contributed by atoms with Gasteiger partial charge in [0.25, 0.3) is 0 Å². The van der Waals surface area contributed by atoms with E-state index in [-0.39, 0.29) is 5.92 Å². The molecular formula is C15H17NO. The van der Waals surface area contributed by atoms with Gasteiger partial charge in [0.05, 0.1) is 0 Å². The van der Waals surface area contributed by atoms with E-state index in [1.54, 1.807) is 0 Å².